The van der Waals surface area contributed by atoms with Crippen LogP contribution in [0.4, 0.5) is 11.5 Å². The van der Waals surface area contributed by atoms with E-state index in [1.165, 1.54) is 11.3 Å². The standard InChI is InChI=1S/C23H27N5O/c1-16(2)28-12-11-27(14-18-7-5-6-8-21(18)28)23(29)17-9-10-19-20(13-17)24-15-25-22(19)26(3)4/h5-10,13,15-16H,11-12,14H2,1-4H3. The summed E-state index contributed by atoms with van der Waals surface area (Å²) in [6.07, 6.45) is 1.55. The summed E-state index contributed by atoms with van der Waals surface area (Å²) in [6, 6.07) is 14.5. The van der Waals surface area contributed by atoms with E-state index in [9.17, 15) is 4.79 Å². The second-order valence-electron chi connectivity index (χ2n) is 7.97. The number of hydrogen-bond acceptors (Lipinski definition) is 5. The molecule has 0 spiro atoms. The van der Waals surface area contributed by atoms with Gasteiger partial charge in [0.1, 0.15) is 12.1 Å². The molecule has 150 valence electrons. The molecule has 0 radical (unpaired) electrons. The molecule has 2 aromatic carbocycles. The predicted octanol–water partition coefficient (Wildman–Crippen LogP) is 3.57. The number of rotatable bonds is 3. The van der Waals surface area contributed by atoms with Crippen molar-refractivity contribution < 1.29 is 4.79 Å². The zero-order valence-electron chi connectivity index (χ0n) is 17.5. The van der Waals surface area contributed by atoms with Crippen LogP contribution in [0.2, 0.25) is 0 Å². The van der Waals surface area contributed by atoms with Crippen molar-refractivity contribution in [1.82, 2.24) is 14.9 Å². The Balaban J connectivity index is 1.66. The molecule has 4 rings (SSSR count). The molecule has 1 amide bonds. The Kier molecular flexibility index (Phi) is 5.09. The first-order valence-corrected chi connectivity index (χ1v) is 10.0. The molecule has 0 unspecified atom stereocenters. The minimum Gasteiger partial charge on any atom is -0.367 e. The van der Waals surface area contributed by atoms with Crippen LogP contribution in [0.5, 0.6) is 0 Å². The monoisotopic (exact) mass is 389 g/mol. The summed E-state index contributed by atoms with van der Waals surface area (Å²) in [5.41, 5.74) is 3.86. The number of carbonyl (C=O) groups excluding carboxylic acids is 1. The van der Waals surface area contributed by atoms with E-state index in [4.69, 9.17) is 0 Å². The van der Waals surface area contributed by atoms with Crippen LogP contribution in [0, 0.1) is 0 Å². The van der Waals surface area contributed by atoms with Crippen LogP contribution in [0.3, 0.4) is 0 Å². The van der Waals surface area contributed by atoms with Crippen LogP contribution in [-0.2, 0) is 6.54 Å². The van der Waals surface area contributed by atoms with Crippen LogP contribution in [0.15, 0.2) is 48.8 Å². The molecule has 2 heterocycles. The smallest absolute Gasteiger partial charge is 0.254 e. The third kappa shape index (κ3) is 3.62. The highest BCUT2D eigenvalue weighted by Gasteiger charge is 2.25. The molecule has 29 heavy (non-hydrogen) atoms. The topological polar surface area (TPSA) is 52.6 Å². The zero-order chi connectivity index (χ0) is 20.5. The molecule has 1 aromatic heterocycles. The normalized spacial score (nSPS) is 14.1. The van der Waals surface area contributed by atoms with Gasteiger partial charge in [0.15, 0.2) is 0 Å². The van der Waals surface area contributed by atoms with E-state index in [1.807, 2.05) is 48.2 Å². The summed E-state index contributed by atoms with van der Waals surface area (Å²) in [5, 5.41) is 0.946. The largest absolute Gasteiger partial charge is 0.367 e. The van der Waals surface area contributed by atoms with Crippen molar-refractivity contribution in [1.29, 1.82) is 0 Å². The van der Waals surface area contributed by atoms with E-state index in [0.29, 0.717) is 24.7 Å². The Bertz CT molecular complexity index is 1050. The van der Waals surface area contributed by atoms with Crippen molar-refractivity contribution in [2.75, 3.05) is 37.0 Å². The average Bonchev–Trinajstić information content (AvgIpc) is 2.92. The number of fused-ring (bicyclic) bond motifs is 2. The molecule has 0 N–H and O–H groups in total. The molecule has 6 heteroatoms. The Labute approximate surface area is 171 Å². The third-order valence-electron chi connectivity index (χ3n) is 5.47. The molecule has 3 aromatic rings. The first-order valence-electron chi connectivity index (χ1n) is 10.0. The molecular weight excluding hydrogens is 362 g/mol. The maximum atomic E-state index is 13.4. The van der Waals surface area contributed by atoms with Gasteiger partial charge in [0, 0.05) is 56.4 Å². The highest BCUT2D eigenvalue weighted by molar-refractivity contribution is 5.99. The van der Waals surface area contributed by atoms with Crippen LogP contribution < -0.4 is 9.80 Å². The number of para-hydroxylation sites is 1. The molecule has 0 fully saturated rings. The lowest BCUT2D eigenvalue weighted by Crippen LogP contribution is -2.38. The van der Waals surface area contributed by atoms with E-state index in [1.54, 1.807) is 6.33 Å². The number of anilines is 2. The highest BCUT2D eigenvalue weighted by atomic mass is 16.2. The summed E-state index contributed by atoms with van der Waals surface area (Å²) in [7, 11) is 3.91. The van der Waals surface area contributed by atoms with Gasteiger partial charge in [-0.25, -0.2) is 9.97 Å². The molecule has 0 aliphatic carbocycles. The van der Waals surface area contributed by atoms with Crippen molar-refractivity contribution in [3.05, 3.63) is 59.9 Å². The lowest BCUT2D eigenvalue weighted by Gasteiger charge is -2.28. The first kappa shape index (κ1) is 19.2. The van der Waals surface area contributed by atoms with Gasteiger partial charge >= 0.3 is 0 Å². The van der Waals surface area contributed by atoms with Gasteiger partial charge in [0.25, 0.3) is 5.91 Å². The van der Waals surface area contributed by atoms with Crippen molar-refractivity contribution >= 4 is 28.3 Å². The minimum absolute atomic E-state index is 0.0392. The van der Waals surface area contributed by atoms with Gasteiger partial charge < -0.3 is 14.7 Å². The number of benzene rings is 2. The maximum Gasteiger partial charge on any atom is 0.254 e. The maximum absolute atomic E-state index is 13.4. The lowest BCUT2D eigenvalue weighted by molar-refractivity contribution is 0.0751. The van der Waals surface area contributed by atoms with Crippen LogP contribution >= 0.6 is 0 Å². The minimum atomic E-state index is 0.0392. The van der Waals surface area contributed by atoms with E-state index < -0.39 is 0 Å². The van der Waals surface area contributed by atoms with E-state index in [2.05, 4.69) is 46.9 Å². The summed E-state index contributed by atoms with van der Waals surface area (Å²) >= 11 is 0. The van der Waals surface area contributed by atoms with E-state index in [0.717, 1.165) is 23.3 Å². The fraction of sp³-hybridized carbons (Fsp3) is 0.348. The van der Waals surface area contributed by atoms with Crippen LogP contribution in [0.25, 0.3) is 10.9 Å². The lowest BCUT2D eigenvalue weighted by atomic mass is 10.1. The zero-order valence-corrected chi connectivity index (χ0v) is 17.5. The average molecular weight is 390 g/mol. The van der Waals surface area contributed by atoms with Gasteiger partial charge in [-0.2, -0.15) is 0 Å². The number of hydrogen-bond donors (Lipinski definition) is 0. The number of carbonyl (C=O) groups is 1. The molecule has 0 saturated carbocycles. The number of nitrogens with zero attached hydrogens (tertiary/aromatic N) is 5. The Morgan fingerprint density at radius 1 is 1.07 bits per heavy atom. The van der Waals surface area contributed by atoms with Crippen molar-refractivity contribution in [2.45, 2.75) is 26.4 Å². The molecule has 0 atom stereocenters. The molecular formula is C23H27N5O. The Morgan fingerprint density at radius 2 is 1.86 bits per heavy atom. The summed E-state index contributed by atoms with van der Waals surface area (Å²) in [6.45, 7) is 6.51. The van der Waals surface area contributed by atoms with Crippen molar-refractivity contribution in [2.24, 2.45) is 0 Å². The van der Waals surface area contributed by atoms with E-state index in [-0.39, 0.29) is 5.91 Å². The highest BCUT2D eigenvalue weighted by Crippen LogP contribution is 2.28. The fourth-order valence-corrected chi connectivity index (χ4v) is 3.98. The third-order valence-corrected chi connectivity index (χ3v) is 5.47. The van der Waals surface area contributed by atoms with Gasteiger partial charge in [-0.3, -0.25) is 4.79 Å². The first-order chi connectivity index (χ1) is 14.0. The summed E-state index contributed by atoms with van der Waals surface area (Å²) in [4.78, 5) is 28.4. The molecule has 1 aliphatic heterocycles. The second kappa shape index (κ2) is 7.70. The van der Waals surface area contributed by atoms with Crippen molar-refractivity contribution in [3.63, 3.8) is 0 Å². The van der Waals surface area contributed by atoms with E-state index >= 15 is 0 Å². The van der Waals surface area contributed by atoms with Crippen LogP contribution in [-0.4, -0.2) is 54.0 Å². The quantitative estimate of drug-likeness (QED) is 0.685. The van der Waals surface area contributed by atoms with Gasteiger partial charge in [-0.1, -0.05) is 18.2 Å². The van der Waals surface area contributed by atoms with Gasteiger partial charge in [0.2, 0.25) is 0 Å². The Hall–Kier alpha value is -3.15. The molecule has 6 nitrogen and oxygen atoms in total. The Morgan fingerprint density at radius 3 is 2.62 bits per heavy atom. The second-order valence-corrected chi connectivity index (χ2v) is 7.97. The SMILES string of the molecule is CC(C)N1CCN(C(=O)c2ccc3c(N(C)C)ncnc3c2)Cc2ccccc21. The van der Waals surface area contributed by atoms with Gasteiger partial charge in [0.05, 0.1) is 5.52 Å². The molecule has 0 saturated heterocycles. The van der Waals surface area contributed by atoms with Crippen molar-refractivity contribution in [3.8, 4) is 0 Å². The number of aromatic nitrogens is 2. The van der Waals surface area contributed by atoms with Gasteiger partial charge in [-0.05, 0) is 43.7 Å². The molecule has 1 aliphatic rings. The number of amides is 1. The predicted molar refractivity (Wildman–Crippen MR) is 118 cm³/mol. The molecule has 0 bridgehead atoms. The van der Waals surface area contributed by atoms with Gasteiger partial charge in [-0.15, -0.1) is 0 Å². The van der Waals surface area contributed by atoms with Crippen LogP contribution in [0.1, 0.15) is 29.8 Å². The summed E-state index contributed by atoms with van der Waals surface area (Å²) < 4.78 is 0. The fourth-order valence-electron chi connectivity index (χ4n) is 3.98. The summed E-state index contributed by atoms with van der Waals surface area (Å²) in [5.74, 6) is 0.891.